The third-order valence-electron chi connectivity index (χ3n) is 6.94. The summed E-state index contributed by atoms with van der Waals surface area (Å²) in [5.41, 5.74) is 9.32. The van der Waals surface area contributed by atoms with E-state index in [-0.39, 0.29) is 12.2 Å². The second kappa shape index (κ2) is 9.39. The fourth-order valence-corrected chi connectivity index (χ4v) is 5.08. The normalized spacial score (nSPS) is 22.0. The van der Waals surface area contributed by atoms with Crippen molar-refractivity contribution in [2.24, 2.45) is 5.92 Å². The first-order chi connectivity index (χ1) is 16.0. The first-order valence-electron chi connectivity index (χ1n) is 11.9. The zero-order valence-electron chi connectivity index (χ0n) is 18.7. The zero-order valence-corrected chi connectivity index (χ0v) is 18.7. The van der Waals surface area contributed by atoms with E-state index >= 15 is 0 Å². The Kier molecular flexibility index (Phi) is 6.17. The third-order valence-corrected chi connectivity index (χ3v) is 6.94. The van der Waals surface area contributed by atoms with Gasteiger partial charge in [0.25, 0.3) is 0 Å². The number of nitrogens with two attached hydrogens (primary N) is 1. The summed E-state index contributed by atoms with van der Waals surface area (Å²) in [5, 5.41) is 8.97. The number of nitrogens with one attached hydrogen (secondary N) is 1. The van der Waals surface area contributed by atoms with Crippen LogP contribution in [0, 0.1) is 5.92 Å². The average Bonchev–Trinajstić information content (AvgIpc) is 3.24. The average molecular weight is 450 g/mol. The van der Waals surface area contributed by atoms with Crippen molar-refractivity contribution in [1.29, 1.82) is 0 Å². The molecular formula is C25H31N5O3. The molecule has 8 nitrogen and oxygen atoms in total. The molecule has 0 unspecified atom stereocenters. The van der Waals surface area contributed by atoms with E-state index in [2.05, 4.69) is 27.0 Å². The Morgan fingerprint density at radius 2 is 1.85 bits per heavy atom. The molecule has 1 aliphatic heterocycles. The summed E-state index contributed by atoms with van der Waals surface area (Å²) in [7, 11) is 0. The number of ether oxygens (including phenoxy) is 1. The second-order valence-electron chi connectivity index (χ2n) is 9.33. The maximum absolute atomic E-state index is 10.9. The minimum absolute atomic E-state index is 0.281. The summed E-state index contributed by atoms with van der Waals surface area (Å²) in [4.78, 5) is 25.9. The highest BCUT2D eigenvalue weighted by molar-refractivity contribution is 5.82. The van der Waals surface area contributed by atoms with Gasteiger partial charge >= 0.3 is 5.97 Å². The van der Waals surface area contributed by atoms with Gasteiger partial charge in [0.1, 0.15) is 11.6 Å². The molecule has 1 saturated carbocycles. The monoisotopic (exact) mass is 449 g/mol. The lowest BCUT2D eigenvalue weighted by Crippen LogP contribution is -2.39. The van der Waals surface area contributed by atoms with Gasteiger partial charge in [-0.25, -0.2) is 9.97 Å². The second-order valence-corrected chi connectivity index (χ2v) is 9.33. The van der Waals surface area contributed by atoms with E-state index in [1.54, 1.807) is 0 Å². The van der Waals surface area contributed by atoms with Gasteiger partial charge in [0.05, 0.1) is 23.2 Å². The van der Waals surface area contributed by atoms with Crippen molar-refractivity contribution in [3.63, 3.8) is 0 Å². The minimum atomic E-state index is -0.684. The molecular weight excluding hydrogens is 418 g/mol. The molecule has 3 heterocycles. The van der Waals surface area contributed by atoms with Crippen LogP contribution in [0.25, 0.3) is 22.4 Å². The topological polar surface area (TPSA) is 117 Å². The Hall–Kier alpha value is -3.13. The molecule has 0 bridgehead atoms. The van der Waals surface area contributed by atoms with Crippen molar-refractivity contribution in [2.75, 3.05) is 23.7 Å². The molecule has 1 aromatic carbocycles. The number of aromatic amines is 1. The first kappa shape index (κ1) is 21.7. The molecule has 8 heteroatoms. The van der Waals surface area contributed by atoms with Crippen molar-refractivity contribution in [3.8, 4) is 11.4 Å². The number of anilines is 2. The van der Waals surface area contributed by atoms with Gasteiger partial charge in [-0.05, 0) is 74.8 Å². The van der Waals surface area contributed by atoms with Crippen LogP contribution in [0.5, 0.6) is 0 Å². The number of rotatable bonds is 6. The highest BCUT2D eigenvalue weighted by Crippen LogP contribution is 2.31. The van der Waals surface area contributed by atoms with Gasteiger partial charge in [0.15, 0.2) is 0 Å². The maximum Gasteiger partial charge on any atom is 0.303 e. The fraction of sp³-hybridized carbons (Fsp3) is 0.480. The predicted molar refractivity (Wildman–Crippen MR) is 128 cm³/mol. The Labute approximate surface area is 193 Å². The SMILES string of the molecule is Nc1ccc2[nH]c(-c3ccc(N4CCC(O[C@H]5CC[C@H](CC(=O)O)CC5)CC4)nc3)nc2c1. The van der Waals surface area contributed by atoms with E-state index in [0.29, 0.717) is 18.0 Å². The van der Waals surface area contributed by atoms with Gasteiger partial charge in [-0.15, -0.1) is 0 Å². The van der Waals surface area contributed by atoms with Crippen LogP contribution in [0.2, 0.25) is 0 Å². The van der Waals surface area contributed by atoms with E-state index in [4.69, 9.17) is 20.6 Å². The summed E-state index contributed by atoms with van der Waals surface area (Å²) < 4.78 is 6.37. The molecule has 3 aromatic rings. The lowest BCUT2D eigenvalue weighted by Gasteiger charge is -2.36. The van der Waals surface area contributed by atoms with Crippen molar-refractivity contribution in [2.45, 2.75) is 57.2 Å². The highest BCUT2D eigenvalue weighted by Gasteiger charge is 2.28. The quantitative estimate of drug-likeness (QED) is 0.482. The summed E-state index contributed by atoms with van der Waals surface area (Å²) in [6.07, 6.45) is 8.59. The van der Waals surface area contributed by atoms with E-state index in [0.717, 1.165) is 79.9 Å². The van der Waals surface area contributed by atoms with Crippen LogP contribution in [0.15, 0.2) is 36.5 Å². The van der Waals surface area contributed by atoms with E-state index < -0.39 is 5.97 Å². The molecule has 1 aliphatic carbocycles. The lowest BCUT2D eigenvalue weighted by atomic mass is 9.85. The standard InChI is InChI=1S/C25H31N5O3/c26-18-4-7-21-22(14-18)29-25(28-21)17-3-8-23(27-15-17)30-11-9-20(10-12-30)33-19-5-1-16(2-6-19)13-24(31)32/h3-4,7-8,14-16,19-20H,1-2,5-6,9-13,26H2,(H,28,29)(H,31,32)/t16-,19-. The largest absolute Gasteiger partial charge is 0.481 e. The smallest absolute Gasteiger partial charge is 0.303 e. The van der Waals surface area contributed by atoms with Crippen LogP contribution in [-0.4, -0.2) is 51.3 Å². The number of benzene rings is 1. The van der Waals surface area contributed by atoms with Crippen molar-refractivity contribution >= 4 is 28.5 Å². The third kappa shape index (κ3) is 5.11. The molecule has 2 aromatic heterocycles. The molecule has 0 amide bonds. The van der Waals surface area contributed by atoms with Gasteiger partial charge in [-0.1, -0.05) is 0 Å². The maximum atomic E-state index is 10.9. The van der Waals surface area contributed by atoms with Crippen LogP contribution in [0.3, 0.4) is 0 Å². The Morgan fingerprint density at radius 3 is 2.55 bits per heavy atom. The van der Waals surface area contributed by atoms with Crippen LogP contribution in [0.4, 0.5) is 11.5 Å². The van der Waals surface area contributed by atoms with E-state index in [1.807, 2.05) is 24.4 Å². The number of fused-ring (bicyclic) bond motifs is 1. The number of hydrogen-bond donors (Lipinski definition) is 3. The molecule has 0 radical (unpaired) electrons. The number of nitrogens with zero attached hydrogens (tertiary/aromatic N) is 3. The zero-order chi connectivity index (χ0) is 22.8. The van der Waals surface area contributed by atoms with Crippen molar-refractivity contribution < 1.29 is 14.6 Å². The van der Waals surface area contributed by atoms with Crippen LogP contribution < -0.4 is 10.6 Å². The van der Waals surface area contributed by atoms with Gasteiger partial charge in [-0.3, -0.25) is 4.79 Å². The summed E-state index contributed by atoms with van der Waals surface area (Å²) in [5.74, 6) is 1.40. The molecule has 0 atom stereocenters. The number of piperidine rings is 1. The molecule has 2 aliphatic rings. The number of nitrogen functional groups attached to an aromatic ring is 1. The molecule has 0 spiro atoms. The van der Waals surface area contributed by atoms with Gasteiger partial charge in [-0.2, -0.15) is 0 Å². The number of H-pyrrole nitrogens is 1. The Balaban J connectivity index is 1.12. The minimum Gasteiger partial charge on any atom is -0.481 e. The van der Waals surface area contributed by atoms with Crippen LogP contribution in [0.1, 0.15) is 44.9 Å². The van der Waals surface area contributed by atoms with Gasteiger partial charge < -0.3 is 25.5 Å². The van der Waals surface area contributed by atoms with Gasteiger partial charge in [0, 0.05) is 37.0 Å². The van der Waals surface area contributed by atoms with Crippen LogP contribution >= 0.6 is 0 Å². The number of imidazole rings is 1. The summed E-state index contributed by atoms with van der Waals surface area (Å²) >= 11 is 0. The number of aliphatic carboxylic acids is 1. The number of carbonyl (C=O) groups is 1. The highest BCUT2D eigenvalue weighted by atomic mass is 16.5. The Bertz CT molecular complexity index is 1100. The summed E-state index contributed by atoms with van der Waals surface area (Å²) in [6.45, 7) is 1.85. The Morgan fingerprint density at radius 1 is 1.09 bits per heavy atom. The predicted octanol–water partition coefficient (Wildman–Crippen LogP) is 4.23. The van der Waals surface area contributed by atoms with Crippen LogP contribution in [-0.2, 0) is 9.53 Å². The molecule has 33 heavy (non-hydrogen) atoms. The van der Waals surface area contributed by atoms with Crippen molar-refractivity contribution in [1.82, 2.24) is 15.0 Å². The lowest BCUT2D eigenvalue weighted by molar-refractivity contribution is -0.138. The fourth-order valence-electron chi connectivity index (χ4n) is 5.08. The van der Waals surface area contributed by atoms with Crippen molar-refractivity contribution in [3.05, 3.63) is 36.5 Å². The number of hydrogen-bond acceptors (Lipinski definition) is 6. The number of carboxylic acid groups (broad SMARTS) is 1. The molecule has 174 valence electrons. The van der Waals surface area contributed by atoms with Gasteiger partial charge in [0.2, 0.25) is 0 Å². The number of carboxylic acids is 1. The number of aromatic nitrogens is 3. The molecule has 2 fully saturated rings. The molecule has 5 rings (SSSR count). The van der Waals surface area contributed by atoms with E-state index in [1.165, 1.54) is 0 Å². The molecule has 4 N–H and O–H groups in total. The number of pyridine rings is 1. The first-order valence-corrected chi connectivity index (χ1v) is 11.9. The summed E-state index contributed by atoms with van der Waals surface area (Å²) in [6, 6.07) is 9.79. The molecule has 1 saturated heterocycles. The van der Waals surface area contributed by atoms with E-state index in [9.17, 15) is 4.79 Å².